The fraction of sp³-hybridized carbons (Fsp3) is 0.200. The molecule has 6 heteroatoms. The SMILES string of the molecule is COc1cccc(Nc2ccnc(NCCc3ccccc3OC)n2)c1. The number of benzene rings is 2. The molecule has 0 saturated carbocycles. The minimum atomic E-state index is 0.577. The monoisotopic (exact) mass is 350 g/mol. The third-order valence-electron chi connectivity index (χ3n) is 3.87. The molecule has 26 heavy (non-hydrogen) atoms. The number of methoxy groups -OCH3 is 2. The highest BCUT2D eigenvalue weighted by Crippen LogP contribution is 2.21. The molecule has 134 valence electrons. The average molecular weight is 350 g/mol. The summed E-state index contributed by atoms with van der Waals surface area (Å²) < 4.78 is 10.6. The van der Waals surface area contributed by atoms with Gasteiger partial charge in [-0.3, -0.25) is 0 Å². The number of rotatable bonds is 8. The van der Waals surface area contributed by atoms with Crippen molar-refractivity contribution in [1.82, 2.24) is 9.97 Å². The maximum absolute atomic E-state index is 5.37. The molecule has 1 aromatic heterocycles. The quantitative estimate of drug-likeness (QED) is 0.642. The normalized spacial score (nSPS) is 10.2. The predicted octanol–water partition coefficient (Wildman–Crippen LogP) is 3.89. The van der Waals surface area contributed by atoms with Gasteiger partial charge < -0.3 is 20.1 Å². The van der Waals surface area contributed by atoms with Gasteiger partial charge in [0, 0.05) is 24.5 Å². The second kappa shape index (κ2) is 8.71. The maximum Gasteiger partial charge on any atom is 0.224 e. The predicted molar refractivity (Wildman–Crippen MR) is 103 cm³/mol. The summed E-state index contributed by atoms with van der Waals surface area (Å²) in [5, 5.41) is 6.50. The van der Waals surface area contributed by atoms with Gasteiger partial charge in [-0.25, -0.2) is 4.98 Å². The number of hydrogen-bond acceptors (Lipinski definition) is 6. The molecule has 2 aromatic carbocycles. The standard InChI is InChI=1S/C20H22N4O2/c1-25-17-8-5-7-16(14-17)23-19-11-13-22-20(24-19)21-12-10-15-6-3-4-9-18(15)26-2/h3-9,11,13-14H,10,12H2,1-2H3,(H2,21,22,23,24). The van der Waals surface area contributed by atoms with Gasteiger partial charge in [0.2, 0.25) is 5.95 Å². The van der Waals surface area contributed by atoms with Crippen LogP contribution in [0.3, 0.4) is 0 Å². The first-order valence-corrected chi connectivity index (χ1v) is 8.38. The summed E-state index contributed by atoms with van der Waals surface area (Å²) in [5.74, 6) is 2.98. The molecule has 0 atom stereocenters. The lowest BCUT2D eigenvalue weighted by Gasteiger charge is -2.10. The summed E-state index contributed by atoms with van der Waals surface area (Å²) in [4.78, 5) is 8.76. The number of ether oxygens (including phenoxy) is 2. The Kier molecular flexibility index (Phi) is 5.88. The highest BCUT2D eigenvalue weighted by molar-refractivity contribution is 5.58. The Hall–Kier alpha value is -3.28. The van der Waals surface area contributed by atoms with Crippen molar-refractivity contribution in [1.29, 1.82) is 0 Å². The Labute approximate surface area is 153 Å². The Morgan fingerprint density at radius 2 is 1.85 bits per heavy atom. The van der Waals surface area contributed by atoms with Crippen LogP contribution < -0.4 is 20.1 Å². The first kappa shape index (κ1) is 17.5. The molecular formula is C20H22N4O2. The van der Waals surface area contributed by atoms with Crippen molar-refractivity contribution in [2.45, 2.75) is 6.42 Å². The van der Waals surface area contributed by atoms with Crippen LogP contribution in [0.4, 0.5) is 17.5 Å². The van der Waals surface area contributed by atoms with Crippen LogP contribution in [0.15, 0.2) is 60.8 Å². The number of para-hydroxylation sites is 1. The van der Waals surface area contributed by atoms with Crippen LogP contribution in [-0.4, -0.2) is 30.7 Å². The number of nitrogens with one attached hydrogen (secondary N) is 2. The zero-order valence-corrected chi connectivity index (χ0v) is 14.9. The third-order valence-corrected chi connectivity index (χ3v) is 3.87. The van der Waals surface area contributed by atoms with Crippen LogP contribution in [0.2, 0.25) is 0 Å². The van der Waals surface area contributed by atoms with E-state index < -0.39 is 0 Å². The van der Waals surface area contributed by atoms with Crippen molar-refractivity contribution in [2.75, 3.05) is 31.4 Å². The summed E-state index contributed by atoms with van der Waals surface area (Å²) in [6.45, 7) is 0.711. The molecule has 0 bridgehead atoms. The number of nitrogens with zero attached hydrogens (tertiary/aromatic N) is 2. The van der Waals surface area contributed by atoms with E-state index in [0.29, 0.717) is 18.3 Å². The molecule has 2 N–H and O–H groups in total. The van der Waals surface area contributed by atoms with Crippen molar-refractivity contribution in [2.24, 2.45) is 0 Å². The van der Waals surface area contributed by atoms with Gasteiger partial charge in [-0.05, 0) is 36.2 Å². The molecule has 0 saturated heterocycles. The van der Waals surface area contributed by atoms with Crippen molar-refractivity contribution < 1.29 is 9.47 Å². The van der Waals surface area contributed by atoms with E-state index in [4.69, 9.17) is 9.47 Å². The molecule has 0 spiro atoms. The third kappa shape index (κ3) is 4.63. The van der Waals surface area contributed by atoms with E-state index in [0.717, 1.165) is 29.2 Å². The minimum absolute atomic E-state index is 0.577. The van der Waals surface area contributed by atoms with Crippen LogP contribution in [0.5, 0.6) is 11.5 Å². The number of anilines is 3. The number of aromatic nitrogens is 2. The van der Waals surface area contributed by atoms with Gasteiger partial charge in [-0.2, -0.15) is 4.98 Å². The van der Waals surface area contributed by atoms with Crippen LogP contribution in [0.25, 0.3) is 0 Å². The minimum Gasteiger partial charge on any atom is -0.497 e. The van der Waals surface area contributed by atoms with E-state index >= 15 is 0 Å². The molecule has 0 amide bonds. The summed E-state index contributed by atoms with van der Waals surface area (Å²) in [6.07, 6.45) is 2.54. The topological polar surface area (TPSA) is 68.3 Å². The first-order valence-electron chi connectivity index (χ1n) is 8.38. The lowest BCUT2D eigenvalue weighted by atomic mass is 10.1. The van der Waals surface area contributed by atoms with Gasteiger partial charge in [0.25, 0.3) is 0 Å². The van der Waals surface area contributed by atoms with E-state index in [1.54, 1.807) is 20.4 Å². The molecule has 6 nitrogen and oxygen atoms in total. The highest BCUT2D eigenvalue weighted by Gasteiger charge is 2.04. The molecule has 0 fully saturated rings. The molecular weight excluding hydrogens is 328 g/mol. The second-order valence-corrected chi connectivity index (χ2v) is 5.61. The van der Waals surface area contributed by atoms with Gasteiger partial charge in [0.15, 0.2) is 0 Å². The Morgan fingerprint density at radius 3 is 2.69 bits per heavy atom. The molecule has 0 aliphatic rings. The lowest BCUT2D eigenvalue weighted by Crippen LogP contribution is -2.09. The van der Waals surface area contributed by atoms with Crippen molar-refractivity contribution in [3.05, 3.63) is 66.4 Å². The summed E-state index contributed by atoms with van der Waals surface area (Å²) in [5.41, 5.74) is 2.05. The van der Waals surface area contributed by atoms with Crippen LogP contribution in [-0.2, 0) is 6.42 Å². The van der Waals surface area contributed by atoms with E-state index in [2.05, 4.69) is 26.7 Å². The summed E-state index contributed by atoms with van der Waals surface area (Å²) in [7, 11) is 3.33. The highest BCUT2D eigenvalue weighted by atomic mass is 16.5. The molecule has 0 unspecified atom stereocenters. The van der Waals surface area contributed by atoms with E-state index in [1.807, 2.05) is 48.5 Å². The molecule has 3 aromatic rings. The van der Waals surface area contributed by atoms with E-state index in [1.165, 1.54) is 0 Å². The van der Waals surface area contributed by atoms with Gasteiger partial charge in [0.05, 0.1) is 14.2 Å². The van der Waals surface area contributed by atoms with Crippen LogP contribution in [0.1, 0.15) is 5.56 Å². The van der Waals surface area contributed by atoms with E-state index in [9.17, 15) is 0 Å². The van der Waals surface area contributed by atoms with E-state index in [-0.39, 0.29) is 0 Å². The van der Waals surface area contributed by atoms with Gasteiger partial charge >= 0.3 is 0 Å². The van der Waals surface area contributed by atoms with Gasteiger partial charge in [-0.1, -0.05) is 24.3 Å². The summed E-state index contributed by atoms with van der Waals surface area (Å²) in [6, 6.07) is 17.5. The zero-order valence-electron chi connectivity index (χ0n) is 14.9. The van der Waals surface area contributed by atoms with Crippen LogP contribution >= 0.6 is 0 Å². The first-order chi connectivity index (χ1) is 12.8. The average Bonchev–Trinajstić information content (AvgIpc) is 2.69. The number of hydrogen-bond donors (Lipinski definition) is 2. The van der Waals surface area contributed by atoms with Crippen LogP contribution in [0, 0.1) is 0 Å². The zero-order chi connectivity index (χ0) is 18.2. The summed E-state index contributed by atoms with van der Waals surface area (Å²) >= 11 is 0. The fourth-order valence-electron chi connectivity index (χ4n) is 2.58. The van der Waals surface area contributed by atoms with Gasteiger partial charge in [0.1, 0.15) is 17.3 Å². The van der Waals surface area contributed by atoms with Crippen molar-refractivity contribution >= 4 is 17.5 Å². The van der Waals surface area contributed by atoms with Gasteiger partial charge in [-0.15, -0.1) is 0 Å². The fourth-order valence-corrected chi connectivity index (χ4v) is 2.58. The molecule has 3 rings (SSSR count). The van der Waals surface area contributed by atoms with Crippen molar-refractivity contribution in [3.63, 3.8) is 0 Å². The molecule has 0 aliphatic carbocycles. The lowest BCUT2D eigenvalue weighted by molar-refractivity contribution is 0.410. The Morgan fingerprint density at radius 1 is 0.962 bits per heavy atom. The molecule has 0 radical (unpaired) electrons. The molecule has 1 heterocycles. The molecule has 0 aliphatic heterocycles. The van der Waals surface area contributed by atoms with Crippen molar-refractivity contribution in [3.8, 4) is 11.5 Å². The Bertz CT molecular complexity index is 854. The Balaban J connectivity index is 1.60. The maximum atomic E-state index is 5.37. The second-order valence-electron chi connectivity index (χ2n) is 5.61. The smallest absolute Gasteiger partial charge is 0.224 e. The largest absolute Gasteiger partial charge is 0.497 e.